The number of nitrogens with zero attached hydrogens (tertiary/aromatic N) is 2. The van der Waals surface area contributed by atoms with E-state index in [1.165, 1.54) is 16.9 Å². The molecule has 0 saturated carbocycles. The van der Waals surface area contributed by atoms with Crippen LogP contribution in [-0.2, 0) is 16.0 Å². The zero-order valence-electron chi connectivity index (χ0n) is 22.6. The fraction of sp³-hybridized carbons (Fsp3) is 0.414. The summed E-state index contributed by atoms with van der Waals surface area (Å²) < 4.78 is 6.19. The Bertz CT molecular complexity index is 1340. The number of benzene rings is 1. The average molecular weight is 552 g/mol. The molecule has 9 heteroatoms. The zero-order valence-corrected chi connectivity index (χ0v) is 24.2. The topological polar surface area (TPSA) is 88.2 Å². The van der Waals surface area contributed by atoms with Crippen LogP contribution in [0.15, 0.2) is 42.7 Å². The number of carbonyl (C=O) groups excluding carboxylic acids is 1. The quantitative estimate of drug-likeness (QED) is 0.212. The summed E-state index contributed by atoms with van der Waals surface area (Å²) >= 11 is 3.36. The van der Waals surface area contributed by atoms with Crippen molar-refractivity contribution in [2.24, 2.45) is 0 Å². The van der Waals surface area contributed by atoms with Crippen molar-refractivity contribution in [3.05, 3.63) is 53.2 Å². The molecule has 0 spiro atoms. The van der Waals surface area contributed by atoms with E-state index in [1.807, 2.05) is 12.1 Å². The van der Waals surface area contributed by atoms with E-state index in [1.54, 1.807) is 42.2 Å². The Kier molecular flexibility index (Phi) is 10.4. The van der Waals surface area contributed by atoms with Gasteiger partial charge in [-0.2, -0.15) is 0 Å². The van der Waals surface area contributed by atoms with Crippen LogP contribution in [0.3, 0.4) is 0 Å². The third-order valence-electron chi connectivity index (χ3n) is 6.14. The number of methoxy groups -OCH3 is 1. The summed E-state index contributed by atoms with van der Waals surface area (Å²) in [5.74, 6) is 0.0106. The fourth-order valence-electron chi connectivity index (χ4n) is 4.35. The predicted octanol–water partition coefficient (Wildman–Crippen LogP) is 6.27. The molecule has 5 rings (SSSR count). The lowest BCUT2D eigenvalue weighted by atomic mass is 10.0. The van der Waals surface area contributed by atoms with Crippen molar-refractivity contribution in [1.82, 2.24) is 20.6 Å². The van der Waals surface area contributed by atoms with E-state index in [2.05, 4.69) is 59.9 Å². The summed E-state index contributed by atoms with van der Waals surface area (Å²) in [4.78, 5) is 23.2. The van der Waals surface area contributed by atoms with Crippen molar-refractivity contribution in [1.29, 1.82) is 0 Å². The highest BCUT2D eigenvalue weighted by Gasteiger charge is 2.28. The molecule has 0 fully saturated rings. The van der Waals surface area contributed by atoms with E-state index in [0.717, 1.165) is 56.4 Å². The number of thiazole rings is 1. The Hall–Kier alpha value is -2.69. The van der Waals surface area contributed by atoms with Gasteiger partial charge >= 0.3 is 0 Å². The van der Waals surface area contributed by atoms with E-state index in [0.29, 0.717) is 19.6 Å². The van der Waals surface area contributed by atoms with Crippen molar-refractivity contribution in [2.45, 2.75) is 46.1 Å². The first kappa shape index (κ1) is 28.3. The van der Waals surface area contributed by atoms with Crippen molar-refractivity contribution in [3.63, 3.8) is 0 Å². The number of ether oxygens (including phenoxy) is 1. The van der Waals surface area contributed by atoms with Crippen LogP contribution in [0.2, 0.25) is 0 Å². The Balaban J connectivity index is 0.00000107. The summed E-state index contributed by atoms with van der Waals surface area (Å²) in [6.45, 7) is 9.34. The molecule has 1 aliphatic heterocycles. The summed E-state index contributed by atoms with van der Waals surface area (Å²) in [6, 6.07) is 10.7. The maximum atomic E-state index is 12.8. The van der Waals surface area contributed by atoms with Gasteiger partial charge in [-0.05, 0) is 60.8 Å². The second-order valence-corrected chi connectivity index (χ2v) is 11.3. The molecule has 0 bridgehead atoms. The van der Waals surface area contributed by atoms with Crippen LogP contribution in [0, 0.1) is 0 Å². The Labute approximate surface area is 233 Å². The Morgan fingerprint density at radius 3 is 2.68 bits per heavy atom. The van der Waals surface area contributed by atoms with Crippen LogP contribution in [0.1, 0.15) is 50.1 Å². The summed E-state index contributed by atoms with van der Waals surface area (Å²) in [7, 11) is 1.67. The lowest BCUT2D eigenvalue weighted by molar-refractivity contribution is -0.116. The van der Waals surface area contributed by atoms with Gasteiger partial charge in [0, 0.05) is 55.5 Å². The second kappa shape index (κ2) is 13.9. The van der Waals surface area contributed by atoms with E-state index in [-0.39, 0.29) is 11.9 Å². The lowest BCUT2D eigenvalue weighted by Crippen LogP contribution is -2.26. The van der Waals surface area contributed by atoms with Crippen LogP contribution in [0.5, 0.6) is 0 Å². The highest BCUT2D eigenvalue weighted by atomic mass is 32.1. The van der Waals surface area contributed by atoms with Crippen molar-refractivity contribution in [2.75, 3.05) is 38.7 Å². The average Bonchev–Trinajstić information content (AvgIpc) is 3.50. The molecule has 0 saturated heterocycles. The van der Waals surface area contributed by atoms with E-state index < -0.39 is 0 Å². The van der Waals surface area contributed by atoms with Gasteiger partial charge in [0.05, 0.1) is 16.8 Å². The van der Waals surface area contributed by atoms with Gasteiger partial charge in [-0.3, -0.25) is 9.78 Å². The first-order valence-corrected chi connectivity index (χ1v) is 14.9. The van der Waals surface area contributed by atoms with Crippen molar-refractivity contribution < 1.29 is 9.53 Å². The maximum Gasteiger partial charge on any atom is 0.226 e. The Morgan fingerprint density at radius 1 is 1.13 bits per heavy atom. The lowest BCUT2D eigenvalue weighted by Gasteiger charge is -2.20. The van der Waals surface area contributed by atoms with Gasteiger partial charge < -0.3 is 20.7 Å². The third-order valence-corrected chi connectivity index (χ3v) is 8.52. The van der Waals surface area contributed by atoms with E-state index >= 15 is 0 Å². The van der Waals surface area contributed by atoms with Crippen LogP contribution in [0.4, 0.5) is 5.00 Å². The molecule has 4 aromatic rings. The first-order chi connectivity index (χ1) is 18.5. The third kappa shape index (κ3) is 6.84. The minimum absolute atomic E-state index is 0.0106. The standard InChI is InChI=1S/C26H29N5O2S2.C3H8/c1-16-24-19(7-12-29-16)23(26(35-24)31-22(32)8-11-28-13-14-33-2)25-30-20-15-18(3-4-21(20)34-25)17-5-9-27-10-6-17;1-3-2/h3-6,9-10,15-16,28-29H,7-8,11-14H2,1-2H3,(H,31,32);3H2,1-2H3. The van der Waals surface area contributed by atoms with Crippen molar-refractivity contribution >= 4 is 43.8 Å². The van der Waals surface area contributed by atoms with Gasteiger partial charge in [-0.25, -0.2) is 4.98 Å². The second-order valence-electron chi connectivity index (χ2n) is 9.26. The molecule has 1 aliphatic rings. The van der Waals surface area contributed by atoms with Gasteiger partial charge in [0.15, 0.2) is 0 Å². The van der Waals surface area contributed by atoms with Crippen LogP contribution in [0.25, 0.3) is 31.9 Å². The SMILES string of the molecule is CCC.COCCNCCC(=O)Nc1sc2c(c1-c1nc3cc(-c4ccncc4)ccc3s1)CCNC2C. The number of hydrogen-bond acceptors (Lipinski definition) is 8. The van der Waals surface area contributed by atoms with Crippen molar-refractivity contribution in [3.8, 4) is 21.7 Å². The molecule has 1 aromatic carbocycles. The van der Waals surface area contributed by atoms with Gasteiger partial charge in [0.25, 0.3) is 0 Å². The van der Waals surface area contributed by atoms with E-state index in [4.69, 9.17) is 9.72 Å². The zero-order chi connectivity index (χ0) is 26.9. The molecule has 3 N–H and O–H groups in total. The number of rotatable bonds is 9. The summed E-state index contributed by atoms with van der Waals surface area (Å²) in [6.07, 6.45) is 6.20. The normalized spacial score (nSPS) is 14.6. The minimum atomic E-state index is 0.0106. The number of carbonyl (C=O) groups is 1. The number of amides is 1. The molecule has 3 aromatic heterocycles. The smallest absolute Gasteiger partial charge is 0.226 e. The fourth-order valence-corrected chi connectivity index (χ4v) is 6.73. The molecule has 38 heavy (non-hydrogen) atoms. The number of pyridine rings is 1. The molecule has 1 atom stereocenters. The first-order valence-electron chi connectivity index (χ1n) is 13.2. The molecule has 4 heterocycles. The maximum absolute atomic E-state index is 12.8. The number of thiophene rings is 1. The number of anilines is 1. The highest BCUT2D eigenvalue weighted by Crippen LogP contribution is 2.47. The highest BCUT2D eigenvalue weighted by molar-refractivity contribution is 7.23. The molecule has 202 valence electrons. The molecule has 7 nitrogen and oxygen atoms in total. The summed E-state index contributed by atoms with van der Waals surface area (Å²) in [5.41, 5.74) is 5.61. The number of nitrogens with one attached hydrogen (secondary N) is 3. The van der Waals surface area contributed by atoms with Gasteiger partial charge in [-0.1, -0.05) is 26.3 Å². The number of fused-ring (bicyclic) bond motifs is 2. The van der Waals surface area contributed by atoms with Gasteiger partial charge in [0.2, 0.25) is 5.91 Å². The largest absolute Gasteiger partial charge is 0.383 e. The molecule has 0 radical (unpaired) electrons. The van der Waals surface area contributed by atoms with Gasteiger partial charge in [0.1, 0.15) is 10.0 Å². The molecular formula is C29H37N5O2S2. The number of aromatic nitrogens is 2. The van der Waals surface area contributed by atoms with Crippen LogP contribution in [-0.4, -0.2) is 49.2 Å². The van der Waals surface area contributed by atoms with Crippen LogP contribution < -0.4 is 16.0 Å². The molecule has 1 unspecified atom stereocenters. The predicted molar refractivity (Wildman–Crippen MR) is 160 cm³/mol. The van der Waals surface area contributed by atoms with E-state index in [9.17, 15) is 4.79 Å². The Morgan fingerprint density at radius 2 is 1.92 bits per heavy atom. The van der Waals surface area contributed by atoms with Gasteiger partial charge in [-0.15, -0.1) is 22.7 Å². The molecule has 0 aliphatic carbocycles. The molecular weight excluding hydrogens is 514 g/mol. The summed E-state index contributed by atoms with van der Waals surface area (Å²) in [5, 5.41) is 11.8. The monoisotopic (exact) mass is 551 g/mol. The molecule has 1 amide bonds. The van der Waals surface area contributed by atoms with Crippen LogP contribution >= 0.6 is 22.7 Å². The number of hydrogen-bond donors (Lipinski definition) is 3. The minimum Gasteiger partial charge on any atom is -0.383 e.